The summed E-state index contributed by atoms with van der Waals surface area (Å²) < 4.78 is 71.9. The van der Waals surface area contributed by atoms with Crippen LogP contribution in [0.15, 0.2) is 36.4 Å². The van der Waals surface area contributed by atoms with Crippen LogP contribution in [0.3, 0.4) is 0 Å². The quantitative estimate of drug-likeness (QED) is 0.0740. The van der Waals surface area contributed by atoms with Gasteiger partial charge < -0.3 is 32.3 Å². The molecule has 1 saturated carbocycles. The van der Waals surface area contributed by atoms with Crippen molar-refractivity contribution in [3.05, 3.63) is 86.7 Å². The highest BCUT2D eigenvalue weighted by molar-refractivity contribution is 6.00. The van der Waals surface area contributed by atoms with Crippen molar-refractivity contribution >= 4 is 41.1 Å². The van der Waals surface area contributed by atoms with E-state index in [-0.39, 0.29) is 49.4 Å². The first kappa shape index (κ1) is 39.8. The number of nitrogens with two attached hydrogens (primary N) is 1. The molecule has 1 aliphatic heterocycles. The predicted octanol–water partition coefficient (Wildman–Crippen LogP) is 0.766. The average Bonchev–Trinajstić information content (AvgIpc) is 3.94. The van der Waals surface area contributed by atoms with Gasteiger partial charge in [-0.3, -0.25) is 38.9 Å². The third-order valence-corrected chi connectivity index (χ3v) is 8.48. The highest BCUT2D eigenvalue weighted by atomic mass is 19.2. The Balaban J connectivity index is 1.74. The number of benzene rings is 2. The van der Waals surface area contributed by atoms with Crippen molar-refractivity contribution in [2.75, 3.05) is 6.54 Å². The van der Waals surface area contributed by atoms with E-state index in [2.05, 4.69) is 26.6 Å². The number of nitro benzene ring substituents is 1. The molecule has 53 heavy (non-hydrogen) atoms. The summed E-state index contributed by atoms with van der Waals surface area (Å²) in [5.74, 6) is -17.9. The number of halogens is 5. The Labute approximate surface area is 297 Å². The Hall–Kier alpha value is -5.95. The number of carbonyl (C=O) groups is 6. The van der Waals surface area contributed by atoms with Crippen molar-refractivity contribution < 1.29 is 55.6 Å². The first-order valence-corrected chi connectivity index (χ1v) is 16.3. The van der Waals surface area contributed by atoms with E-state index in [1.165, 1.54) is 12.1 Å². The number of primary amides is 1. The Bertz CT molecular complexity index is 1790. The minimum atomic E-state index is -2.46. The average molecular weight is 752 g/mol. The molecule has 4 atom stereocenters. The second-order valence-electron chi connectivity index (χ2n) is 12.5. The number of carbonyl (C=O) groups excluding carboxylic acids is 6. The molecule has 0 bridgehead atoms. The van der Waals surface area contributed by atoms with Gasteiger partial charge in [-0.15, -0.1) is 0 Å². The van der Waals surface area contributed by atoms with Crippen LogP contribution in [0.5, 0.6) is 0 Å². The lowest BCUT2D eigenvalue weighted by Gasteiger charge is -2.26. The first-order valence-electron chi connectivity index (χ1n) is 16.3. The summed E-state index contributed by atoms with van der Waals surface area (Å²) in [5, 5.41) is 22.8. The fourth-order valence-corrected chi connectivity index (χ4v) is 5.42. The number of amides is 6. The Morgan fingerprint density at radius 1 is 0.717 bits per heavy atom. The van der Waals surface area contributed by atoms with Crippen molar-refractivity contribution in [3.8, 4) is 0 Å². The molecule has 0 saturated heterocycles. The summed E-state index contributed by atoms with van der Waals surface area (Å²) in [6.07, 6.45) is 1.07. The van der Waals surface area contributed by atoms with Gasteiger partial charge in [0.25, 0.3) is 5.69 Å². The smallest absolute Gasteiger partial charge is 0.269 e. The molecule has 15 nitrogen and oxygen atoms in total. The maximum atomic E-state index is 14.8. The van der Waals surface area contributed by atoms with Gasteiger partial charge in [-0.2, -0.15) is 0 Å². The third-order valence-electron chi connectivity index (χ3n) is 8.48. The third kappa shape index (κ3) is 10.8. The van der Waals surface area contributed by atoms with Gasteiger partial charge in [-0.1, -0.05) is 25.0 Å². The van der Waals surface area contributed by atoms with Crippen molar-refractivity contribution in [2.45, 2.75) is 69.1 Å². The number of non-ortho nitro benzene ring substituents is 1. The fraction of sp³-hybridized carbons (Fsp3) is 0.394. The zero-order chi connectivity index (χ0) is 39.0. The molecule has 0 radical (unpaired) electrons. The summed E-state index contributed by atoms with van der Waals surface area (Å²) in [6, 6.07) is -1.56. The normalized spacial score (nSPS) is 22.8. The molecule has 4 rings (SSSR count). The van der Waals surface area contributed by atoms with Crippen LogP contribution in [0.2, 0.25) is 0 Å². The Morgan fingerprint density at radius 2 is 1.25 bits per heavy atom. The lowest BCUT2D eigenvalue weighted by Crippen LogP contribution is -2.58. The van der Waals surface area contributed by atoms with Gasteiger partial charge >= 0.3 is 0 Å². The number of hydrogen-bond donors (Lipinski definition) is 6. The van der Waals surface area contributed by atoms with Crippen LogP contribution in [0.25, 0.3) is 0 Å². The maximum absolute atomic E-state index is 14.8. The van der Waals surface area contributed by atoms with E-state index in [4.69, 9.17) is 5.73 Å². The summed E-state index contributed by atoms with van der Waals surface area (Å²) in [7, 11) is 0. The van der Waals surface area contributed by atoms with E-state index < -0.39 is 106 Å². The lowest BCUT2D eigenvalue weighted by atomic mass is 10.00. The van der Waals surface area contributed by atoms with Crippen LogP contribution in [-0.4, -0.2) is 71.1 Å². The summed E-state index contributed by atoms with van der Waals surface area (Å²) in [6.45, 7) is -0.170. The van der Waals surface area contributed by atoms with Gasteiger partial charge in [0.1, 0.15) is 24.2 Å². The second-order valence-corrected chi connectivity index (χ2v) is 12.5. The molecule has 2 aliphatic rings. The van der Waals surface area contributed by atoms with Crippen molar-refractivity contribution in [3.63, 3.8) is 0 Å². The Morgan fingerprint density at radius 3 is 1.79 bits per heavy atom. The van der Waals surface area contributed by atoms with Crippen molar-refractivity contribution in [1.29, 1.82) is 0 Å². The van der Waals surface area contributed by atoms with Gasteiger partial charge in [0, 0.05) is 49.2 Å². The van der Waals surface area contributed by atoms with Gasteiger partial charge in [0.05, 0.1) is 4.92 Å². The van der Waals surface area contributed by atoms with Gasteiger partial charge in [-0.05, 0) is 30.7 Å². The SMILES string of the molecule is NC(=O)[C@@H]1CCCNC(=O)[C@H](Cc2ccc([N+](=O)[O-])cc2)NC(=O)[C@H](Cc2c(F)c(F)c(F)c(F)c2F)NC(=O)[C@H](CC2CC2)NC(=O)/C=C/C(=O)N1. The van der Waals surface area contributed by atoms with E-state index in [0.717, 1.165) is 24.3 Å². The fourth-order valence-electron chi connectivity index (χ4n) is 5.42. The van der Waals surface area contributed by atoms with Crippen LogP contribution in [0.1, 0.15) is 43.2 Å². The monoisotopic (exact) mass is 751 g/mol. The van der Waals surface area contributed by atoms with E-state index in [1.807, 2.05) is 0 Å². The molecular weight excluding hydrogens is 717 g/mol. The molecule has 0 unspecified atom stereocenters. The molecular formula is C33H34F5N7O8. The van der Waals surface area contributed by atoms with Gasteiger partial charge in [-0.25, -0.2) is 22.0 Å². The number of hydrogen-bond acceptors (Lipinski definition) is 8. The zero-order valence-corrected chi connectivity index (χ0v) is 27.7. The molecule has 2 aromatic carbocycles. The summed E-state index contributed by atoms with van der Waals surface area (Å²) in [5.41, 5.74) is 3.89. The zero-order valence-electron chi connectivity index (χ0n) is 27.7. The number of nitrogens with zero attached hydrogens (tertiary/aromatic N) is 1. The number of rotatable bonds is 8. The molecule has 1 heterocycles. The van der Waals surface area contributed by atoms with Crippen LogP contribution < -0.4 is 32.3 Å². The highest BCUT2D eigenvalue weighted by Crippen LogP contribution is 2.33. The molecule has 1 aliphatic carbocycles. The molecule has 0 aromatic heterocycles. The number of nitrogens with one attached hydrogen (secondary N) is 5. The molecule has 7 N–H and O–H groups in total. The Kier molecular flexibility index (Phi) is 13.2. The maximum Gasteiger partial charge on any atom is 0.269 e. The second kappa shape index (κ2) is 17.5. The molecule has 20 heteroatoms. The molecule has 0 spiro atoms. The topological polar surface area (TPSA) is 232 Å². The van der Waals surface area contributed by atoms with Crippen LogP contribution in [0.4, 0.5) is 27.6 Å². The van der Waals surface area contributed by atoms with E-state index in [9.17, 15) is 60.8 Å². The standard InChI is InChI=1S/C33H34F5N7O8/c34-25-18(26(35)28(37)29(38)27(25)36)14-22-33(51)43-20(12-16-5-7-17(8-6-16)45(52)53)31(49)40-11-1-2-19(30(39)48)41-23(46)9-10-24(47)42-21(32(50)44-22)13-15-3-4-15/h5-10,15,19-22H,1-4,11-14H2,(H2,39,48)(H,40,49)(H,41,46)(H,42,47)(H,43,51)(H,44,50)/b10-9+/t19-,20-,21-,22-/m0/s1. The van der Waals surface area contributed by atoms with Crippen LogP contribution in [0, 0.1) is 45.1 Å². The number of nitro groups is 1. The van der Waals surface area contributed by atoms with Crippen molar-refractivity contribution in [2.24, 2.45) is 11.7 Å². The summed E-state index contributed by atoms with van der Waals surface area (Å²) >= 11 is 0. The van der Waals surface area contributed by atoms with E-state index >= 15 is 0 Å². The molecule has 1 fully saturated rings. The van der Waals surface area contributed by atoms with Gasteiger partial charge in [0.15, 0.2) is 23.3 Å². The van der Waals surface area contributed by atoms with Crippen molar-refractivity contribution in [1.82, 2.24) is 26.6 Å². The summed E-state index contributed by atoms with van der Waals surface area (Å²) in [4.78, 5) is 88.5. The van der Waals surface area contributed by atoms with Crippen LogP contribution >= 0.6 is 0 Å². The minimum Gasteiger partial charge on any atom is -0.368 e. The lowest BCUT2D eigenvalue weighted by molar-refractivity contribution is -0.384. The first-order chi connectivity index (χ1) is 25.0. The molecule has 6 amide bonds. The largest absolute Gasteiger partial charge is 0.368 e. The highest BCUT2D eigenvalue weighted by Gasteiger charge is 2.36. The predicted molar refractivity (Wildman–Crippen MR) is 172 cm³/mol. The minimum absolute atomic E-state index is 0.0105. The molecule has 284 valence electrons. The van der Waals surface area contributed by atoms with E-state index in [0.29, 0.717) is 12.8 Å². The van der Waals surface area contributed by atoms with Crippen LogP contribution in [-0.2, 0) is 41.6 Å². The molecule has 2 aromatic rings. The van der Waals surface area contributed by atoms with Gasteiger partial charge in [0.2, 0.25) is 41.3 Å². The van der Waals surface area contributed by atoms with E-state index in [1.54, 1.807) is 0 Å².